The fourth-order valence-electron chi connectivity index (χ4n) is 3.21. The molecule has 152 valence electrons. The highest BCUT2D eigenvalue weighted by molar-refractivity contribution is 5.94. The van der Waals surface area contributed by atoms with E-state index in [0.29, 0.717) is 40.9 Å². The van der Waals surface area contributed by atoms with Crippen LogP contribution >= 0.6 is 0 Å². The molecule has 0 unspecified atom stereocenters. The van der Waals surface area contributed by atoms with E-state index in [0.717, 1.165) is 24.2 Å². The number of aryl methyl sites for hydroxylation is 2. The molecule has 0 spiro atoms. The van der Waals surface area contributed by atoms with Gasteiger partial charge >= 0.3 is 0 Å². The number of carbonyl (C=O) groups excluding carboxylic acids is 1. The second kappa shape index (κ2) is 8.43. The number of fused-ring (bicyclic) bond motifs is 1. The van der Waals surface area contributed by atoms with E-state index in [2.05, 4.69) is 37.1 Å². The largest absolute Gasteiger partial charge is 0.383 e. The summed E-state index contributed by atoms with van der Waals surface area (Å²) in [6.07, 6.45) is 6.36. The zero-order valence-electron chi connectivity index (χ0n) is 16.9. The minimum Gasteiger partial charge on any atom is -0.383 e. The normalized spacial score (nSPS) is 14.2. The van der Waals surface area contributed by atoms with Crippen LogP contribution in [0, 0.1) is 25.7 Å². The number of ether oxygens (including phenoxy) is 1. The summed E-state index contributed by atoms with van der Waals surface area (Å²) in [5.41, 5.74) is 10.5. The molecule has 0 aliphatic carbocycles. The molecule has 0 saturated carbocycles. The van der Waals surface area contributed by atoms with E-state index in [4.69, 9.17) is 10.5 Å². The molecule has 1 aliphatic rings. The number of aromatic nitrogens is 4. The summed E-state index contributed by atoms with van der Waals surface area (Å²) in [5.74, 6) is 6.19. The van der Waals surface area contributed by atoms with Crippen molar-refractivity contribution in [1.29, 1.82) is 0 Å². The van der Waals surface area contributed by atoms with Gasteiger partial charge in [-0.05, 0) is 32.8 Å². The highest BCUT2D eigenvalue weighted by Crippen LogP contribution is 2.19. The molecule has 8 heteroatoms. The zero-order valence-corrected chi connectivity index (χ0v) is 16.9. The Labute approximate surface area is 174 Å². The SMILES string of the molecule is Cc1nc2cnc(N)c(C#Cc3cncc(C(=O)NC4CCOCC4)c3)c2nc1C. The number of anilines is 1. The van der Waals surface area contributed by atoms with Gasteiger partial charge in [0.15, 0.2) is 0 Å². The van der Waals surface area contributed by atoms with Crippen LogP contribution in [0.3, 0.4) is 0 Å². The molecule has 3 aromatic heterocycles. The maximum absolute atomic E-state index is 12.5. The van der Waals surface area contributed by atoms with Gasteiger partial charge < -0.3 is 15.8 Å². The predicted octanol–water partition coefficient (Wildman–Crippen LogP) is 1.93. The molecule has 4 rings (SSSR count). The average molecular weight is 402 g/mol. The number of amides is 1. The Hall–Kier alpha value is -3.57. The zero-order chi connectivity index (χ0) is 21.1. The molecule has 1 amide bonds. The molecule has 1 fully saturated rings. The number of hydrogen-bond acceptors (Lipinski definition) is 7. The predicted molar refractivity (Wildman–Crippen MR) is 113 cm³/mol. The van der Waals surface area contributed by atoms with Gasteiger partial charge in [0.25, 0.3) is 5.91 Å². The number of rotatable bonds is 2. The third kappa shape index (κ3) is 4.21. The van der Waals surface area contributed by atoms with Crippen LogP contribution in [0.4, 0.5) is 5.82 Å². The monoisotopic (exact) mass is 402 g/mol. The van der Waals surface area contributed by atoms with Gasteiger partial charge in [-0.15, -0.1) is 0 Å². The van der Waals surface area contributed by atoms with Crippen LogP contribution in [-0.4, -0.2) is 45.1 Å². The molecule has 8 nitrogen and oxygen atoms in total. The molecule has 4 heterocycles. The molecule has 1 aliphatic heterocycles. The van der Waals surface area contributed by atoms with Crippen LogP contribution in [-0.2, 0) is 4.74 Å². The molecule has 0 bridgehead atoms. The summed E-state index contributed by atoms with van der Waals surface area (Å²) in [6.45, 7) is 5.11. The lowest BCUT2D eigenvalue weighted by molar-refractivity contribution is 0.0696. The number of pyridine rings is 2. The second-order valence-corrected chi connectivity index (χ2v) is 7.22. The summed E-state index contributed by atoms with van der Waals surface area (Å²) < 4.78 is 5.33. The van der Waals surface area contributed by atoms with E-state index < -0.39 is 0 Å². The summed E-state index contributed by atoms with van der Waals surface area (Å²) in [7, 11) is 0. The maximum Gasteiger partial charge on any atom is 0.253 e. The van der Waals surface area contributed by atoms with Gasteiger partial charge in [0.1, 0.15) is 16.9 Å². The van der Waals surface area contributed by atoms with Crippen molar-refractivity contribution in [3.05, 3.63) is 52.7 Å². The third-order valence-corrected chi connectivity index (χ3v) is 5.04. The first kappa shape index (κ1) is 19.7. The van der Waals surface area contributed by atoms with E-state index in [9.17, 15) is 4.79 Å². The summed E-state index contributed by atoms with van der Waals surface area (Å²) >= 11 is 0. The quantitative estimate of drug-likeness (QED) is 0.629. The van der Waals surface area contributed by atoms with Crippen molar-refractivity contribution in [2.45, 2.75) is 32.7 Å². The highest BCUT2D eigenvalue weighted by atomic mass is 16.5. The van der Waals surface area contributed by atoms with Crippen LogP contribution in [0.5, 0.6) is 0 Å². The van der Waals surface area contributed by atoms with E-state index >= 15 is 0 Å². The Balaban J connectivity index is 1.62. The Bertz CT molecular complexity index is 1180. The fourth-order valence-corrected chi connectivity index (χ4v) is 3.21. The third-order valence-electron chi connectivity index (χ3n) is 5.04. The molecule has 0 radical (unpaired) electrons. The van der Waals surface area contributed by atoms with Gasteiger partial charge in [-0.3, -0.25) is 9.78 Å². The van der Waals surface area contributed by atoms with Crippen LogP contribution in [0.25, 0.3) is 11.0 Å². The molecule has 3 aromatic rings. The first-order valence-corrected chi connectivity index (χ1v) is 9.76. The lowest BCUT2D eigenvalue weighted by Crippen LogP contribution is -2.38. The number of nitrogens with one attached hydrogen (secondary N) is 1. The first-order chi connectivity index (χ1) is 14.5. The van der Waals surface area contributed by atoms with Crippen molar-refractivity contribution in [2.24, 2.45) is 0 Å². The van der Waals surface area contributed by atoms with Crippen molar-refractivity contribution in [3.8, 4) is 11.8 Å². The van der Waals surface area contributed by atoms with Crippen LogP contribution in [0.1, 0.15) is 45.7 Å². The van der Waals surface area contributed by atoms with Crippen LogP contribution in [0.15, 0.2) is 24.7 Å². The molecule has 30 heavy (non-hydrogen) atoms. The van der Waals surface area contributed by atoms with Crippen LogP contribution < -0.4 is 11.1 Å². The van der Waals surface area contributed by atoms with Crippen LogP contribution in [0.2, 0.25) is 0 Å². The second-order valence-electron chi connectivity index (χ2n) is 7.22. The van der Waals surface area contributed by atoms with E-state index in [1.807, 2.05) is 13.8 Å². The minimum absolute atomic E-state index is 0.118. The van der Waals surface area contributed by atoms with Crippen molar-refractivity contribution in [1.82, 2.24) is 25.3 Å². The number of nitrogen functional groups attached to an aromatic ring is 1. The molecular weight excluding hydrogens is 380 g/mol. The standard InChI is InChI=1S/C22H22N6O2/c1-13-14(2)27-20-18(21(23)25-12-19(20)26-13)4-3-15-9-16(11-24-10-15)22(29)28-17-5-7-30-8-6-17/h9-12,17H,5-8H2,1-2H3,(H2,23,25)(H,28,29). The van der Waals surface area contributed by atoms with Crippen molar-refractivity contribution in [3.63, 3.8) is 0 Å². The minimum atomic E-state index is -0.165. The number of nitrogens with two attached hydrogens (primary N) is 1. The Morgan fingerprint density at radius 1 is 1.13 bits per heavy atom. The number of carbonyl (C=O) groups is 1. The smallest absolute Gasteiger partial charge is 0.253 e. The lowest BCUT2D eigenvalue weighted by atomic mass is 10.1. The summed E-state index contributed by atoms with van der Waals surface area (Å²) in [5, 5.41) is 3.03. The summed E-state index contributed by atoms with van der Waals surface area (Å²) in [4.78, 5) is 30.0. The Morgan fingerprint density at radius 2 is 1.90 bits per heavy atom. The highest BCUT2D eigenvalue weighted by Gasteiger charge is 2.17. The van der Waals surface area contributed by atoms with Gasteiger partial charge in [-0.1, -0.05) is 11.8 Å². The number of hydrogen-bond donors (Lipinski definition) is 2. The molecule has 0 atom stereocenters. The Kier molecular flexibility index (Phi) is 5.55. The van der Waals surface area contributed by atoms with Crippen molar-refractivity contribution >= 4 is 22.8 Å². The fraction of sp³-hybridized carbons (Fsp3) is 0.318. The maximum atomic E-state index is 12.5. The number of nitrogens with zero attached hydrogens (tertiary/aromatic N) is 4. The van der Waals surface area contributed by atoms with E-state index in [-0.39, 0.29) is 17.8 Å². The average Bonchev–Trinajstić information content (AvgIpc) is 2.75. The molecule has 0 aromatic carbocycles. The molecule has 3 N–H and O–H groups in total. The lowest BCUT2D eigenvalue weighted by Gasteiger charge is -2.23. The van der Waals surface area contributed by atoms with Gasteiger partial charge in [0.2, 0.25) is 0 Å². The van der Waals surface area contributed by atoms with Gasteiger partial charge in [0, 0.05) is 37.2 Å². The topological polar surface area (TPSA) is 116 Å². The van der Waals surface area contributed by atoms with E-state index in [1.165, 1.54) is 6.20 Å². The van der Waals surface area contributed by atoms with Gasteiger partial charge in [-0.2, -0.15) is 0 Å². The van der Waals surface area contributed by atoms with Gasteiger partial charge in [0.05, 0.1) is 28.7 Å². The Morgan fingerprint density at radius 3 is 2.70 bits per heavy atom. The summed E-state index contributed by atoms with van der Waals surface area (Å²) in [6, 6.07) is 1.83. The van der Waals surface area contributed by atoms with Crippen molar-refractivity contribution in [2.75, 3.05) is 18.9 Å². The first-order valence-electron chi connectivity index (χ1n) is 9.76. The molecular formula is C22H22N6O2. The van der Waals surface area contributed by atoms with E-state index in [1.54, 1.807) is 18.5 Å². The van der Waals surface area contributed by atoms with Gasteiger partial charge in [-0.25, -0.2) is 15.0 Å². The van der Waals surface area contributed by atoms with Crippen molar-refractivity contribution < 1.29 is 9.53 Å². The molecule has 1 saturated heterocycles.